The number of aromatic nitrogens is 1. The van der Waals surface area contributed by atoms with Crippen molar-refractivity contribution >= 4 is 44.8 Å². The lowest BCUT2D eigenvalue weighted by Crippen LogP contribution is -2.09. The molecule has 0 aliphatic carbocycles. The number of benzene rings is 1. The Morgan fingerprint density at radius 2 is 2.35 bits per heavy atom. The van der Waals surface area contributed by atoms with E-state index in [9.17, 15) is 9.18 Å². The van der Waals surface area contributed by atoms with Gasteiger partial charge in [-0.05, 0) is 19.1 Å². The minimum Gasteiger partial charge on any atom is -0.461 e. The largest absolute Gasteiger partial charge is 0.461 e. The Hall–Kier alpha value is -0.980. The maximum absolute atomic E-state index is 13.9. The molecule has 0 radical (unpaired) electrons. The first-order valence-corrected chi connectivity index (χ1v) is 7.91. The lowest BCUT2D eigenvalue weighted by Gasteiger charge is -2.11. The van der Waals surface area contributed by atoms with E-state index in [1.165, 1.54) is 22.9 Å². The predicted molar refractivity (Wildman–Crippen MR) is 80.3 cm³/mol. The van der Waals surface area contributed by atoms with Gasteiger partial charge in [-0.3, -0.25) is 0 Å². The van der Waals surface area contributed by atoms with Crippen LogP contribution < -0.4 is 0 Å². The molecule has 0 fully saturated rings. The van der Waals surface area contributed by atoms with Crippen LogP contribution in [0.15, 0.2) is 23.7 Å². The molecule has 1 heterocycles. The number of nitrogens with zero attached hydrogens (tertiary/aromatic N) is 1. The molecule has 7 heteroatoms. The van der Waals surface area contributed by atoms with E-state index in [1.807, 2.05) is 0 Å². The highest BCUT2D eigenvalue weighted by atomic mass is 79.9. The number of thiazole rings is 1. The van der Waals surface area contributed by atoms with Crippen LogP contribution in [0.5, 0.6) is 0 Å². The van der Waals surface area contributed by atoms with Crippen molar-refractivity contribution in [1.29, 1.82) is 0 Å². The van der Waals surface area contributed by atoms with E-state index in [0.29, 0.717) is 15.5 Å². The molecule has 2 aromatic rings. The Bertz CT molecular complexity index is 635. The molecule has 0 saturated heterocycles. The van der Waals surface area contributed by atoms with E-state index in [2.05, 4.69) is 20.9 Å². The quantitative estimate of drug-likeness (QED) is 0.577. The highest BCUT2D eigenvalue weighted by Gasteiger charge is 2.24. The molecule has 106 valence electrons. The summed E-state index contributed by atoms with van der Waals surface area (Å²) in [6.07, 6.45) is 0. The normalized spacial score (nSPS) is 12.2. The van der Waals surface area contributed by atoms with Crippen molar-refractivity contribution in [3.63, 3.8) is 0 Å². The summed E-state index contributed by atoms with van der Waals surface area (Å²) in [6.45, 7) is 1.98. The fourth-order valence-electron chi connectivity index (χ4n) is 1.64. The van der Waals surface area contributed by atoms with Crippen molar-refractivity contribution < 1.29 is 13.9 Å². The number of hydrogen-bond acceptors (Lipinski definition) is 4. The third-order valence-corrected chi connectivity index (χ3v) is 4.91. The van der Waals surface area contributed by atoms with Gasteiger partial charge in [0, 0.05) is 10.6 Å². The van der Waals surface area contributed by atoms with Crippen molar-refractivity contribution in [2.24, 2.45) is 0 Å². The van der Waals surface area contributed by atoms with E-state index >= 15 is 0 Å². The molecule has 1 atom stereocenters. The third kappa shape index (κ3) is 3.19. The minimum absolute atomic E-state index is 0.202. The summed E-state index contributed by atoms with van der Waals surface area (Å²) in [5.74, 6) is -0.954. The number of esters is 1. The highest BCUT2D eigenvalue weighted by Crippen LogP contribution is 2.37. The van der Waals surface area contributed by atoms with E-state index in [1.54, 1.807) is 19.1 Å². The van der Waals surface area contributed by atoms with Gasteiger partial charge in [0.1, 0.15) is 5.82 Å². The van der Waals surface area contributed by atoms with E-state index in [4.69, 9.17) is 16.3 Å². The zero-order chi connectivity index (χ0) is 14.7. The van der Waals surface area contributed by atoms with Gasteiger partial charge in [0.05, 0.1) is 21.8 Å². The topological polar surface area (TPSA) is 39.2 Å². The third-order valence-electron chi connectivity index (χ3n) is 2.53. The smallest absolute Gasteiger partial charge is 0.358 e. The van der Waals surface area contributed by atoms with Gasteiger partial charge >= 0.3 is 5.97 Å². The number of rotatable bonds is 4. The van der Waals surface area contributed by atoms with Gasteiger partial charge < -0.3 is 4.74 Å². The SMILES string of the molecule is CCOC(=O)c1ncsc1C(Br)c1ccc(Cl)cc1F. The summed E-state index contributed by atoms with van der Waals surface area (Å²) in [4.78, 5) is 15.9. The standard InChI is InChI=1S/C13H10BrClFNO2S/c1-2-19-13(18)11-12(20-6-17-11)10(14)8-4-3-7(15)5-9(8)16/h3-6,10H,2H2,1H3. The van der Waals surface area contributed by atoms with Crippen LogP contribution in [-0.4, -0.2) is 17.6 Å². The lowest BCUT2D eigenvalue weighted by atomic mass is 10.1. The van der Waals surface area contributed by atoms with Gasteiger partial charge in [0.25, 0.3) is 0 Å². The van der Waals surface area contributed by atoms with Crippen LogP contribution in [0, 0.1) is 5.82 Å². The van der Waals surface area contributed by atoms with Gasteiger partial charge in [-0.1, -0.05) is 33.6 Å². The molecular weight excluding hydrogens is 369 g/mol. The number of hydrogen-bond donors (Lipinski definition) is 0. The number of halogens is 3. The molecular formula is C13H10BrClFNO2S. The number of ether oxygens (including phenoxy) is 1. The Morgan fingerprint density at radius 1 is 1.60 bits per heavy atom. The first-order chi connectivity index (χ1) is 9.54. The molecule has 1 unspecified atom stereocenters. The van der Waals surface area contributed by atoms with Crippen LogP contribution in [0.3, 0.4) is 0 Å². The van der Waals surface area contributed by atoms with Crippen LogP contribution in [0.1, 0.15) is 32.7 Å². The molecule has 1 aromatic heterocycles. The van der Waals surface area contributed by atoms with E-state index in [-0.39, 0.29) is 12.3 Å². The van der Waals surface area contributed by atoms with Crippen molar-refractivity contribution in [2.45, 2.75) is 11.8 Å². The molecule has 0 saturated carbocycles. The summed E-state index contributed by atoms with van der Waals surface area (Å²) in [6, 6.07) is 4.40. The molecule has 0 amide bonds. The van der Waals surface area contributed by atoms with Gasteiger partial charge in [-0.25, -0.2) is 14.2 Å². The lowest BCUT2D eigenvalue weighted by molar-refractivity contribution is 0.0519. The summed E-state index contributed by atoms with van der Waals surface area (Å²) in [5, 5.41) is 0.320. The van der Waals surface area contributed by atoms with E-state index in [0.717, 1.165) is 0 Å². The molecule has 0 N–H and O–H groups in total. The maximum Gasteiger partial charge on any atom is 0.358 e. The van der Waals surface area contributed by atoms with Crippen molar-refractivity contribution in [3.8, 4) is 0 Å². The molecule has 0 aliphatic rings. The fourth-order valence-corrected chi connectivity index (χ4v) is 3.47. The van der Waals surface area contributed by atoms with Gasteiger partial charge in [-0.2, -0.15) is 0 Å². The molecule has 20 heavy (non-hydrogen) atoms. The molecule has 0 aliphatic heterocycles. The molecule has 0 spiro atoms. The van der Waals surface area contributed by atoms with E-state index < -0.39 is 16.6 Å². The van der Waals surface area contributed by atoms with Crippen LogP contribution in [0.2, 0.25) is 5.02 Å². The second-order valence-electron chi connectivity index (χ2n) is 3.81. The van der Waals surface area contributed by atoms with Gasteiger partial charge in [-0.15, -0.1) is 11.3 Å². The monoisotopic (exact) mass is 377 g/mol. The van der Waals surface area contributed by atoms with Crippen molar-refractivity contribution in [3.05, 3.63) is 50.7 Å². The number of alkyl halides is 1. The summed E-state index contributed by atoms with van der Waals surface area (Å²) in [7, 11) is 0. The first-order valence-electron chi connectivity index (χ1n) is 5.74. The summed E-state index contributed by atoms with van der Waals surface area (Å²) < 4.78 is 18.9. The zero-order valence-corrected chi connectivity index (χ0v) is 13.6. The Morgan fingerprint density at radius 3 is 3.00 bits per heavy atom. The molecule has 2 rings (SSSR count). The number of carbonyl (C=O) groups excluding carboxylic acids is 1. The van der Waals surface area contributed by atoms with Crippen LogP contribution in [0.25, 0.3) is 0 Å². The first kappa shape index (κ1) is 15.4. The maximum atomic E-state index is 13.9. The Balaban J connectivity index is 2.36. The molecule has 0 bridgehead atoms. The highest BCUT2D eigenvalue weighted by molar-refractivity contribution is 9.09. The van der Waals surface area contributed by atoms with Crippen LogP contribution in [-0.2, 0) is 4.74 Å². The van der Waals surface area contributed by atoms with Crippen LogP contribution >= 0.6 is 38.9 Å². The fraction of sp³-hybridized carbons (Fsp3) is 0.231. The number of carbonyl (C=O) groups is 1. The summed E-state index contributed by atoms with van der Waals surface area (Å²) in [5.41, 5.74) is 2.13. The summed E-state index contributed by atoms with van der Waals surface area (Å²) >= 11 is 10.4. The predicted octanol–water partition coefficient (Wildman–Crippen LogP) is 4.60. The van der Waals surface area contributed by atoms with Gasteiger partial charge in [0.2, 0.25) is 0 Å². The average molecular weight is 379 g/mol. The zero-order valence-electron chi connectivity index (χ0n) is 10.4. The average Bonchev–Trinajstić information content (AvgIpc) is 2.87. The second kappa shape index (κ2) is 6.65. The Kier molecular flexibility index (Phi) is 5.12. The van der Waals surface area contributed by atoms with Crippen molar-refractivity contribution in [2.75, 3.05) is 6.61 Å². The van der Waals surface area contributed by atoms with Crippen molar-refractivity contribution in [1.82, 2.24) is 4.98 Å². The Labute approximate surface area is 132 Å². The molecule has 1 aromatic carbocycles. The molecule has 3 nitrogen and oxygen atoms in total. The minimum atomic E-state index is -0.512. The van der Waals surface area contributed by atoms with Gasteiger partial charge in [0.15, 0.2) is 5.69 Å². The van der Waals surface area contributed by atoms with Crippen LogP contribution in [0.4, 0.5) is 4.39 Å². The second-order valence-corrected chi connectivity index (χ2v) is 6.05.